The summed E-state index contributed by atoms with van der Waals surface area (Å²) >= 11 is 0. The van der Waals surface area contributed by atoms with Crippen LogP contribution in [0.4, 0.5) is 0 Å². The molecule has 6 heteroatoms. The van der Waals surface area contributed by atoms with Gasteiger partial charge in [-0.2, -0.15) is 0 Å². The van der Waals surface area contributed by atoms with Gasteiger partial charge in [-0.3, -0.25) is 14.4 Å². The SMILES string of the molecule is CCCCC/C=C\CCCCCCCC(=O)O[C@H](COC(=O)CCCCCCCCCCCCC)COC(=O)CCCCCCCCCCCCCCCC. The van der Waals surface area contributed by atoms with Gasteiger partial charge in [-0.15, -0.1) is 0 Å². The summed E-state index contributed by atoms with van der Waals surface area (Å²) in [6.07, 6.45) is 47.6. The molecule has 0 saturated heterocycles. The van der Waals surface area contributed by atoms with Gasteiger partial charge in [0, 0.05) is 19.3 Å². The van der Waals surface area contributed by atoms with Crippen molar-refractivity contribution in [3.8, 4) is 0 Å². The summed E-state index contributed by atoms with van der Waals surface area (Å²) in [6.45, 7) is 6.62. The number of carbonyl (C=O) groups excluding carboxylic acids is 3. The van der Waals surface area contributed by atoms with Crippen molar-refractivity contribution >= 4 is 17.9 Å². The molecule has 0 heterocycles. The van der Waals surface area contributed by atoms with Gasteiger partial charge in [-0.1, -0.05) is 213 Å². The molecule has 0 radical (unpaired) electrons. The van der Waals surface area contributed by atoms with E-state index in [0.29, 0.717) is 19.3 Å². The van der Waals surface area contributed by atoms with Crippen LogP contribution in [0, 0.1) is 0 Å². The molecule has 324 valence electrons. The van der Waals surface area contributed by atoms with Crippen molar-refractivity contribution in [3.63, 3.8) is 0 Å². The van der Waals surface area contributed by atoms with Crippen LogP contribution in [-0.2, 0) is 28.6 Å². The summed E-state index contributed by atoms with van der Waals surface area (Å²) in [4.78, 5) is 37.8. The maximum absolute atomic E-state index is 12.7. The maximum atomic E-state index is 12.7. The summed E-state index contributed by atoms with van der Waals surface area (Å²) in [5.74, 6) is -0.867. The highest BCUT2D eigenvalue weighted by Gasteiger charge is 2.19. The predicted octanol–water partition coefficient (Wildman–Crippen LogP) is 15.4. The van der Waals surface area contributed by atoms with Gasteiger partial charge in [-0.25, -0.2) is 0 Å². The van der Waals surface area contributed by atoms with Gasteiger partial charge in [0.2, 0.25) is 0 Å². The molecular weight excluding hydrogens is 685 g/mol. The Kier molecular flexibility index (Phi) is 43.4. The quantitative estimate of drug-likeness (QED) is 0.0265. The molecule has 0 aromatic rings. The summed E-state index contributed by atoms with van der Waals surface area (Å²) < 4.78 is 16.7. The van der Waals surface area contributed by atoms with Crippen molar-refractivity contribution < 1.29 is 28.6 Å². The van der Waals surface area contributed by atoms with Crippen molar-refractivity contribution in [2.75, 3.05) is 13.2 Å². The number of hydrogen-bond acceptors (Lipinski definition) is 6. The third-order valence-electron chi connectivity index (χ3n) is 10.8. The van der Waals surface area contributed by atoms with Gasteiger partial charge in [0.1, 0.15) is 13.2 Å². The third-order valence-corrected chi connectivity index (χ3v) is 10.8. The molecule has 0 unspecified atom stereocenters. The zero-order chi connectivity index (χ0) is 40.1. The standard InChI is InChI=1S/C49H92O6/c1-4-7-10-13-16-19-22-24-25-28-30-33-36-39-42-48(51)54-45-46(44-53-47(50)41-38-35-32-29-26-21-18-15-12-9-6-3)55-49(52)43-40-37-34-31-27-23-20-17-14-11-8-5-2/h17,20,46H,4-16,18-19,21-45H2,1-3H3/b20-17-/t46-/m1/s1. The zero-order valence-corrected chi connectivity index (χ0v) is 37.0. The lowest BCUT2D eigenvalue weighted by Gasteiger charge is -2.18. The lowest BCUT2D eigenvalue weighted by molar-refractivity contribution is -0.167. The number of carbonyl (C=O) groups is 3. The number of hydrogen-bond donors (Lipinski definition) is 0. The second kappa shape index (κ2) is 44.9. The van der Waals surface area contributed by atoms with E-state index in [0.717, 1.165) is 64.2 Å². The Bertz CT molecular complexity index is 854. The number of allylic oxidation sites excluding steroid dienone is 2. The van der Waals surface area contributed by atoms with Crippen LogP contribution < -0.4 is 0 Å². The van der Waals surface area contributed by atoms with Crippen LogP contribution in [0.5, 0.6) is 0 Å². The summed E-state index contributed by atoms with van der Waals surface area (Å²) in [6, 6.07) is 0. The minimum Gasteiger partial charge on any atom is -0.462 e. The first-order valence-corrected chi connectivity index (χ1v) is 24.2. The van der Waals surface area contributed by atoms with E-state index in [1.165, 1.54) is 161 Å². The molecule has 55 heavy (non-hydrogen) atoms. The van der Waals surface area contributed by atoms with Crippen molar-refractivity contribution in [2.24, 2.45) is 0 Å². The number of ether oxygens (including phenoxy) is 3. The minimum absolute atomic E-state index is 0.0686. The molecule has 0 aliphatic carbocycles. The van der Waals surface area contributed by atoms with Crippen LogP contribution >= 0.6 is 0 Å². The molecule has 0 aromatic carbocycles. The van der Waals surface area contributed by atoms with Crippen LogP contribution in [-0.4, -0.2) is 37.2 Å². The Morgan fingerprint density at radius 2 is 0.600 bits per heavy atom. The highest BCUT2D eigenvalue weighted by Crippen LogP contribution is 2.16. The van der Waals surface area contributed by atoms with E-state index in [9.17, 15) is 14.4 Å². The van der Waals surface area contributed by atoms with Crippen LogP contribution in [0.25, 0.3) is 0 Å². The smallest absolute Gasteiger partial charge is 0.306 e. The lowest BCUT2D eigenvalue weighted by atomic mass is 10.0. The average Bonchev–Trinajstić information content (AvgIpc) is 3.18. The molecule has 0 spiro atoms. The fraction of sp³-hybridized carbons (Fsp3) is 0.898. The first-order valence-electron chi connectivity index (χ1n) is 24.2. The van der Waals surface area contributed by atoms with Gasteiger partial charge in [-0.05, 0) is 44.9 Å². The van der Waals surface area contributed by atoms with Crippen molar-refractivity contribution in [1.29, 1.82) is 0 Å². The van der Waals surface area contributed by atoms with Crippen LogP contribution in [0.15, 0.2) is 12.2 Å². The predicted molar refractivity (Wildman–Crippen MR) is 233 cm³/mol. The van der Waals surface area contributed by atoms with E-state index >= 15 is 0 Å². The molecule has 0 fully saturated rings. The first-order chi connectivity index (χ1) is 27.0. The summed E-state index contributed by atoms with van der Waals surface area (Å²) in [5, 5.41) is 0. The fourth-order valence-electron chi connectivity index (χ4n) is 7.08. The van der Waals surface area contributed by atoms with Crippen LogP contribution in [0.2, 0.25) is 0 Å². The van der Waals surface area contributed by atoms with Crippen molar-refractivity contribution in [1.82, 2.24) is 0 Å². The maximum Gasteiger partial charge on any atom is 0.306 e. The van der Waals surface area contributed by atoms with Gasteiger partial charge >= 0.3 is 17.9 Å². The van der Waals surface area contributed by atoms with E-state index in [2.05, 4.69) is 32.9 Å². The monoisotopic (exact) mass is 777 g/mol. The van der Waals surface area contributed by atoms with Crippen LogP contribution in [0.3, 0.4) is 0 Å². The molecule has 0 aromatic heterocycles. The molecule has 0 rings (SSSR count). The summed E-state index contributed by atoms with van der Waals surface area (Å²) in [5.41, 5.74) is 0. The number of esters is 3. The van der Waals surface area contributed by atoms with Gasteiger partial charge in [0.25, 0.3) is 0 Å². The van der Waals surface area contributed by atoms with E-state index in [1.54, 1.807) is 0 Å². The Morgan fingerprint density at radius 1 is 0.345 bits per heavy atom. The average molecular weight is 777 g/mol. The Labute approximate surface area is 341 Å². The fourth-order valence-corrected chi connectivity index (χ4v) is 7.08. The second-order valence-electron chi connectivity index (χ2n) is 16.4. The number of unbranched alkanes of at least 4 members (excludes halogenated alkanes) is 31. The summed E-state index contributed by atoms with van der Waals surface area (Å²) in [7, 11) is 0. The Morgan fingerprint density at radius 3 is 0.945 bits per heavy atom. The zero-order valence-electron chi connectivity index (χ0n) is 37.0. The van der Waals surface area contributed by atoms with Crippen molar-refractivity contribution in [2.45, 2.75) is 271 Å². The van der Waals surface area contributed by atoms with E-state index in [-0.39, 0.29) is 31.1 Å². The molecule has 1 atom stereocenters. The van der Waals surface area contributed by atoms with Crippen LogP contribution in [0.1, 0.15) is 265 Å². The van der Waals surface area contributed by atoms with Crippen molar-refractivity contribution in [3.05, 3.63) is 12.2 Å². The highest BCUT2D eigenvalue weighted by atomic mass is 16.6. The number of rotatable bonds is 44. The van der Waals surface area contributed by atoms with Gasteiger partial charge in [0.05, 0.1) is 0 Å². The minimum atomic E-state index is -0.766. The van der Waals surface area contributed by atoms with E-state index in [4.69, 9.17) is 14.2 Å². The lowest BCUT2D eigenvalue weighted by Crippen LogP contribution is -2.30. The Balaban J connectivity index is 4.33. The normalized spacial score (nSPS) is 12.0. The third kappa shape index (κ3) is 43.1. The molecular formula is C49H92O6. The topological polar surface area (TPSA) is 78.9 Å². The second-order valence-corrected chi connectivity index (χ2v) is 16.4. The van der Waals surface area contributed by atoms with E-state index in [1.807, 2.05) is 0 Å². The van der Waals surface area contributed by atoms with E-state index < -0.39 is 6.10 Å². The Hall–Kier alpha value is -1.85. The van der Waals surface area contributed by atoms with Gasteiger partial charge < -0.3 is 14.2 Å². The molecule has 0 aliphatic rings. The first kappa shape index (κ1) is 53.1. The molecule has 6 nitrogen and oxygen atoms in total. The molecule has 0 aliphatic heterocycles. The molecule has 0 amide bonds. The molecule has 0 N–H and O–H groups in total. The highest BCUT2D eigenvalue weighted by molar-refractivity contribution is 5.71. The molecule has 0 saturated carbocycles. The largest absolute Gasteiger partial charge is 0.462 e. The van der Waals surface area contributed by atoms with Gasteiger partial charge in [0.15, 0.2) is 6.10 Å². The molecule has 0 bridgehead atoms.